The van der Waals surface area contributed by atoms with Gasteiger partial charge in [0, 0.05) is 13.1 Å². The van der Waals surface area contributed by atoms with E-state index in [-0.39, 0.29) is 13.1 Å². The summed E-state index contributed by atoms with van der Waals surface area (Å²) in [5, 5.41) is 13.4. The van der Waals surface area contributed by atoms with E-state index < -0.39 is 23.8 Å². The lowest BCUT2D eigenvalue weighted by Gasteiger charge is -2.26. The molecule has 0 fully saturated rings. The van der Waals surface area contributed by atoms with Crippen molar-refractivity contribution in [2.45, 2.75) is 38.3 Å². The van der Waals surface area contributed by atoms with Crippen LogP contribution in [0.3, 0.4) is 0 Å². The van der Waals surface area contributed by atoms with Crippen molar-refractivity contribution in [3.05, 3.63) is 35.9 Å². The molecule has 0 spiro atoms. The monoisotopic (exact) mass is 323 g/mol. The number of carbonyl (C=O) groups is 2. The van der Waals surface area contributed by atoms with Gasteiger partial charge in [-0.25, -0.2) is 9.59 Å². The summed E-state index contributed by atoms with van der Waals surface area (Å²) in [4.78, 5) is 22.4. The third kappa shape index (κ3) is 8.06. The normalized spacial score (nSPS) is 12.3. The summed E-state index contributed by atoms with van der Waals surface area (Å²) in [5.41, 5.74) is 5.98. The molecule has 0 aromatic heterocycles. The van der Waals surface area contributed by atoms with Gasteiger partial charge in [-0.2, -0.15) is 0 Å². The number of ether oxygens (including phenoxy) is 1. The largest absolute Gasteiger partial charge is 0.465 e. The van der Waals surface area contributed by atoms with Crippen molar-refractivity contribution in [1.29, 1.82) is 0 Å². The summed E-state index contributed by atoms with van der Waals surface area (Å²) < 4.78 is 5.39. The summed E-state index contributed by atoms with van der Waals surface area (Å²) in [6.45, 7) is 3.84. The fraction of sp³-hybridized carbons (Fsp3) is 0.500. The molecule has 0 aliphatic rings. The fourth-order valence-corrected chi connectivity index (χ4v) is 2.00. The Morgan fingerprint density at radius 2 is 1.96 bits per heavy atom. The van der Waals surface area contributed by atoms with Crippen LogP contribution in [0.4, 0.5) is 9.59 Å². The second kappa shape index (κ2) is 8.99. The number of benzene rings is 1. The molecule has 0 radical (unpaired) electrons. The molecule has 0 unspecified atom stereocenters. The van der Waals surface area contributed by atoms with Crippen molar-refractivity contribution in [3.63, 3.8) is 0 Å². The molecule has 7 heteroatoms. The van der Waals surface area contributed by atoms with E-state index in [0.29, 0.717) is 6.42 Å². The van der Waals surface area contributed by atoms with Crippen LogP contribution < -0.4 is 16.4 Å². The van der Waals surface area contributed by atoms with E-state index in [1.54, 1.807) is 0 Å². The Balaban J connectivity index is 2.37. The number of aryl methyl sites for hydroxylation is 1. The van der Waals surface area contributed by atoms with Crippen LogP contribution in [0.25, 0.3) is 0 Å². The summed E-state index contributed by atoms with van der Waals surface area (Å²) in [6, 6.07) is 9.40. The smallest absolute Gasteiger partial charge is 0.407 e. The van der Waals surface area contributed by atoms with Crippen molar-refractivity contribution in [2.24, 2.45) is 5.73 Å². The van der Waals surface area contributed by atoms with E-state index in [1.807, 2.05) is 44.2 Å². The van der Waals surface area contributed by atoms with E-state index in [9.17, 15) is 9.59 Å². The molecule has 0 aliphatic carbocycles. The maximum absolute atomic E-state index is 11.8. The molecule has 1 aromatic rings. The number of hydrogen-bond donors (Lipinski definition) is 4. The van der Waals surface area contributed by atoms with Crippen molar-refractivity contribution in [3.8, 4) is 0 Å². The van der Waals surface area contributed by atoms with Crippen LogP contribution >= 0.6 is 0 Å². The van der Waals surface area contributed by atoms with Gasteiger partial charge in [-0.05, 0) is 32.3 Å². The molecule has 128 valence electrons. The van der Waals surface area contributed by atoms with Gasteiger partial charge < -0.3 is 26.2 Å². The molecule has 5 N–H and O–H groups in total. The van der Waals surface area contributed by atoms with E-state index >= 15 is 0 Å². The number of carbonyl (C=O) groups excluding carboxylic acids is 1. The molecule has 0 heterocycles. The number of nitrogens with two attached hydrogens (primary N) is 1. The Bertz CT molecular complexity index is 505. The molecule has 1 atom stereocenters. The van der Waals surface area contributed by atoms with Crippen molar-refractivity contribution in [1.82, 2.24) is 10.6 Å². The van der Waals surface area contributed by atoms with E-state index in [0.717, 1.165) is 6.42 Å². The van der Waals surface area contributed by atoms with Crippen LogP contribution in [0.1, 0.15) is 25.8 Å². The highest BCUT2D eigenvalue weighted by Gasteiger charge is 2.23. The first-order valence-corrected chi connectivity index (χ1v) is 7.52. The maximum Gasteiger partial charge on any atom is 0.407 e. The van der Waals surface area contributed by atoms with Gasteiger partial charge in [-0.1, -0.05) is 30.3 Å². The zero-order valence-corrected chi connectivity index (χ0v) is 13.5. The standard InChI is InChI=1S/C16H25N3O4/c1-16(2,9-8-12-6-4-3-5-7-12)23-15(22)18-11-13(10-17)19-14(20)21/h3-7,13,19H,8-11,17H2,1-2H3,(H,18,22)(H,20,21)/t13-/m0/s1. The maximum atomic E-state index is 11.8. The third-order valence-corrected chi connectivity index (χ3v) is 3.33. The zero-order valence-electron chi connectivity index (χ0n) is 13.5. The van der Waals surface area contributed by atoms with E-state index in [4.69, 9.17) is 15.6 Å². The first-order valence-electron chi connectivity index (χ1n) is 7.52. The number of nitrogens with one attached hydrogen (secondary N) is 2. The minimum atomic E-state index is -1.18. The van der Waals surface area contributed by atoms with Crippen LogP contribution in [-0.2, 0) is 11.2 Å². The van der Waals surface area contributed by atoms with Gasteiger partial charge in [0.25, 0.3) is 0 Å². The summed E-state index contributed by atoms with van der Waals surface area (Å²) in [7, 11) is 0. The Morgan fingerprint density at radius 3 is 2.52 bits per heavy atom. The highest BCUT2D eigenvalue weighted by atomic mass is 16.6. The Kier molecular flexibility index (Phi) is 7.34. The average molecular weight is 323 g/mol. The average Bonchev–Trinajstić information content (AvgIpc) is 2.50. The van der Waals surface area contributed by atoms with Gasteiger partial charge in [-0.15, -0.1) is 0 Å². The first kappa shape index (κ1) is 18.8. The molecule has 0 aliphatic heterocycles. The molecule has 0 saturated heterocycles. The molecule has 7 nitrogen and oxygen atoms in total. The van der Waals surface area contributed by atoms with Gasteiger partial charge in [0.2, 0.25) is 0 Å². The second-order valence-corrected chi connectivity index (χ2v) is 5.90. The minimum absolute atomic E-state index is 0.0798. The number of alkyl carbamates (subject to hydrolysis) is 1. The molecular formula is C16H25N3O4. The lowest BCUT2D eigenvalue weighted by Crippen LogP contribution is -2.48. The summed E-state index contributed by atoms with van der Waals surface area (Å²) in [6.07, 6.45) is -0.293. The molecule has 1 aromatic carbocycles. The van der Waals surface area contributed by atoms with E-state index in [1.165, 1.54) is 5.56 Å². The minimum Gasteiger partial charge on any atom is -0.465 e. The second-order valence-electron chi connectivity index (χ2n) is 5.90. The van der Waals surface area contributed by atoms with E-state index in [2.05, 4.69) is 10.6 Å². The summed E-state index contributed by atoms with van der Waals surface area (Å²) >= 11 is 0. The molecule has 1 rings (SSSR count). The predicted molar refractivity (Wildman–Crippen MR) is 87.3 cm³/mol. The molecule has 2 amide bonds. The van der Waals surface area contributed by atoms with Gasteiger partial charge in [0.1, 0.15) is 5.60 Å². The predicted octanol–water partition coefficient (Wildman–Crippen LogP) is 1.72. The SMILES string of the molecule is CC(C)(CCc1ccccc1)OC(=O)NC[C@H](CN)NC(=O)O. The Hall–Kier alpha value is -2.28. The van der Waals surface area contributed by atoms with Crippen LogP contribution in [0.2, 0.25) is 0 Å². The van der Waals surface area contributed by atoms with Crippen molar-refractivity contribution >= 4 is 12.2 Å². The number of amides is 2. The van der Waals surface area contributed by atoms with Crippen molar-refractivity contribution in [2.75, 3.05) is 13.1 Å². The topological polar surface area (TPSA) is 114 Å². The lowest BCUT2D eigenvalue weighted by molar-refractivity contribution is 0.0326. The lowest BCUT2D eigenvalue weighted by atomic mass is 9.99. The Labute approximate surface area is 136 Å². The quantitative estimate of drug-likeness (QED) is 0.581. The molecule has 0 saturated carbocycles. The summed E-state index contributed by atoms with van der Waals surface area (Å²) in [5.74, 6) is 0. The molecule has 23 heavy (non-hydrogen) atoms. The van der Waals surface area contributed by atoms with Crippen LogP contribution in [0, 0.1) is 0 Å². The van der Waals surface area contributed by atoms with Crippen LogP contribution in [0.15, 0.2) is 30.3 Å². The molecule has 0 bridgehead atoms. The van der Waals surface area contributed by atoms with Crippen LogP contribution in [0.5, 0.6) is 0 Å². The first-order chi connectivity index (χ1) is 10.8. The third-order valence-electron chi connectivity index (χ3n) is 3.33. The number of rotatable bonds is 8. The highest BCUT2D eigenvalue weighted by molar-refractivity contribution is 5.68. The van der Waals surface area contributed by atoms with Gasteiger partial charge in [0.15, 0.2) is 0 Å². The zero-order chi connectivity index (χ0) is 17.3. The Morgan fingerprint density at radius 1 is 1.30 bits per heavy atom. The van der Waals surface area contributed by atoms with Gasteiger partial charge >= 0.3 is 12.2 Å². The highest BCUT2D eigenvalue weighted by Crippen LogP contribution is 2.18. The fourth-order valence-electron chi connectivity index (χ4n) is 2.00. The van der Waals surface area contributed by atoms with Gasteiger partial charge in [0.05, 0.1) is 6.04 Å². The number of carboxylic acid groups (broad SMARTS) is 1. The van der Waals surface area contributed by atoms with Crippen LogP contribution in [-0.4, -0.2) is 42.0 Å². The number of hydrogen-bond acceptors (Lipinski definition) is 4. The molecular weight excluding hydrogens is 298 g/mol. The van der Waals surface area contributed by atoms with Crippen molar-refractivity contribution < 1.29 is 19.4 Å². The van der Waals surface area contributed by atoms with Gasteiger partial charge in [-0.3, -0.25) is 0 Å².